The quantitative estimate of drug-likeness (QED) is 0.885. The summed E-state index contributed by atoms with van der Waals surface area (Å²) in [4.78, 5) is 27.9. The standard InChI is InChI=1S/C16H16N2O3/c19-15(20)10-18(12-6-7-12)16(21)14-9-8-13(17-14)11-4-2-1-3-5-11/h1-5,8-9,12,17H,6-7,10H2,(H,19,20). The molecule has 1 aromatic carbocycles. The SMILES string of the molecule is O=C(O)CN(C(=O)c1ccc(-c2ccccc2)[nH]1)C1CC1. The van der Waals surface area contributed by atoms with Gasteiger partial charge in [0.1, 0.15) is 12.2 Å². The predicted molar refractivity (Wildman–Crippen MR) is 77.9 cm³/mol. The monoisotopic (exact) mass is 284 g/mol. The van der Waals surface area contributed by atoms with Crippen molar-refractivity contribution in [3.8, 4) is 11.3 Å². The number of nitrogens with one attached hydrogen (secondary N) is 1. The maximum atomic E-state index is 12.4. The zero-order valence-electron chi connectivity index (χ0n) is 11.5. The first-order valence-electron chi connectivity index (χ1n) is 6.92. The number of rotatable bonds is 5. The van der Waals surface area contributed by atoms with Gasteiger partial charge in [0.15, 0.2) is 0 Å². The molecule has 108 valence electrons. The normalized spacial score (nSPS) is 13.9. The summed E-state index contributed by atoms with van der Waals surface area (Å²) < 4.78 is 0. The lowest BCUT2D eigenvalue weighted by molar-refractivity contribution is -0.137. The Kier molecular flexibility index (Phi) is 3.48. The average molecular weight is 284 g/mol. The summed E-state index contributed by atoms with van der Waals surface area (Å²) in [5, 5.41) is 8.94. The largest absolute Gasteiger partial charge is 0.480 e. The molecule has 2 aromatic rings. The van der Waals surface area contributed by atoms with Crippen molar-refractivity contribution >= 4 is 11.9 Å². The van der Waals surface area contributed by atoms with Gasteiger partial charge in [-0.3, -0.25) is 9.59 Å². The van der Waals surface area contributed by atoms with E-state index < -0.39 is 5.97 Å². The highest BCUT2D eigenvalue weighted by molar-refractivity contribution is 5.95. The number of carboxylic acids is 1. The third-order valence-electron chi connectivity index (χ3n) is 3.56. The summed E-state index contributed by atoms with van der Waals surface area (Å²) in [6.07, 6.45) is 1.76. The van der Waals surface area contributed by atoms with E-state index in [0.717, 1.165) is 24.1 Å². The molecule has 1 aliphatic carbocycles. The molecule has 0 aliphatic heterocycles. The Morgan fingerprint density at radius 1 is 1.14 bits per heavy atom. The first-order valence-corrected chi connectivity index (χ1v) is 6.92. The van der Waals surface area contributed by atoms with Gasteiger partial charge in [-0.25, -0.2) is 0 Å². The minimum absolute atomic E-state index is 0.0667. The van der Waals surface area contributed by atoms with E-state index in [0.29, 0.717) is 5.69 Å². The fourth-order valence-corrected chi connectivity index (χ4v) is 2.36. The number of hydrogen-bond donors (Lipinski definition) is 2. The molecular formula is C16H16N2O3. The maximum Gasteiger partial charge on any atom is 0.323 e. The summed E-state index contributed by atoms with van der Waals surface area (Å²) in [6.45, 7) is -0.247. The number of H-pyrrole nitrogens is 1. The molecule has 0 radical (unpaired) electrons. The summed E-state index contributed by atoms with van der Waals surface area (Å²) in [7, 11) is 0. The van der Waals surface area contributed by atoms with E-state index in [9.17, 15) is 9.59 Å². The van der Waals surface area contributed by atoms with Gasteiger partial charge in [-0.2, -0.15) is 0 Å². The molecule has 1 aliphatic rings. The van der Waals surface area contributed by atoms with Crippen LogP contribution in [0.3, 0.4) is 0 Å². The molecule has 0 atom stereocenters. The first-order chi connectivity index (χ1) is 10.1. The third kappa shape index (κ3) is 2.97. The highest BCUT2D eigenvalue weighted by Crippen LogP contribution is 2.28. The maximum absolute atomic E-state index is 12.4. The Morgan fingerprint density at radius 3 is 2.48 bits per heavy atom. The van der Waals surface area contributed by atoms with Crippen LogP contribution >= 0.6 is 0 Å². The van der Waals surface area contributed by atoms with Crippen LogP contribution in [-0.2, 0) is 4.79 Å². The fourth-order valence-electron chi connectivity index (χ4n) is 2.36. The van der Waals surface area contributed by atoms with E-state index in [1.807, 2.05) is 36.4 Å². The minimum Gasteiger partial charge on any atom is -0.480 e. The first kappa shape index (κ1) is 13.4. The van der Waals surface area contributed by atoms with Gasteiger partial charge in [-0.15, -0.1) is 0 Å². The Morgan fingerprint density at radius 2 is 1.86 bits per heavy atom. The van der Waals surface area contributed by atoms with E-state index in [-0.39, 0.29) is 18.5 Å². The Bertz CT molecular complexity index is 659. The van der Waals surface area contributed by atoms with Crippen LogP contribution in [0.25, 0.3) is 11.3 Å². The van der Waals surface area contributed by atoms with Crippen LogP contribution in [0.2, 0.25) is 0 Å². The molecule has 1 fully saturated rings. The zero-order chi connectivity index (χ0) is 14.8. The Hall–Kier alpha value is -2.56. The van der Waals surface area contributed by atoms with E-state index in [1.165, 1.54) is 4.90 Å². The second-order valence-electron chi connectivity index (χ2n) is 5.21. The van der Waals surface area contributed by atoms with Crippen LogP contribution < -0.4 is 0 Å². The molecule has 1 heterocycles. The van der Waals surface area contributed by atoms with Gasteiger partial charge in [0.2, 0.25) is 0 Å². The highest BCUT2D eigenvalue weighted by atomic mass is 16.4. The number of hydrogen-bond acceptors (Lipinski definition) is 2. The van der Waals surface area contributed by atoms with Crippen LogP contribution in [0, 0.1) is 0 Å². The Balaban J connectivity index is 1.81. The lowest BCUT2D eigenvalue weighted by Gasteiger charge is -2.19. The predicted octanol–water partition coefficient (Wildman–Crippen LogP) is 2.37. The number of aromatic amines is 1. The molecule has 5 nitrogen and oxygen atoms in total. The van der Waals surface area contributed by atoms with Gasteiger partial charge in [0, 0.05) is 11.7 Å². The molecule has 3 rings (SSSR count). The lowest BCUT2D eigenvalue weighted by atomic mass is 10.2. The van der Waals surface area contributed by atoms with Crippen molar-refractivity contribution in [2.45, 2.75) is 18.9 Å². The van der Waals surface area contributed by atoms with Crippen molar-refractivity contribution in [3.63, 3.8) is 0 Å². The number of aliphatic carboxylic acids is 1. The molecule has 5 heteroatoms. The highest BCUT2D eigenvalue weighted by Gasteiger charge is 2.34. The van der Waals surface area contributed by atoms with E-state index in [1.54, 1.807) is 6.07 Å². The van der Waals surface area contributed by atoms with Crippen LogP contribution in [-0.4, -0.2) is 39.5 Å². The van der Waals surface area contributed by atoms with Crippen molar-refractivity contribution in [3.05, 3.63) is 48.2 Å². The van der Waals surface area contributed by atoms with Crippen LogP contribution in [0.4, 0.5) is 0 Å². The van der Waals surface area contributed by atoms with Gasteiger partial charge in [-0.1, -0.05) is 30.3 Å². The van der Waals surface area contributed by atoms with E-state index in [2.05, 4.69) is 4.98 Å². The molecular weight excluding hydrogens is 268 g/mol. The number of carbonyl (C=O) groups excluding carboxylic acids is 1. The minimum atomic E-state index is -0.981. The van der Waals surface area contributed by atoms with Crippen molar-refractivity contribution < 1.29 is 14.7 Å². The molecule has 1 aromatic heterocycles. The molecule has 21 heavy (non-hydrogen) atoms. The molecule has 0 unspecified atom stereocenters. The molecule has 0 bridgehead atoms. The van der Waals surface area contributed by atoms with Gasteiger partial charge in [-0.05, 0) is 30.5 Å². The summed E-state index contributed by atoms with van der Waals surface area (Å²) in [5.74, 6) is -1.23. The van der Waals surface area contributed by atoms with E-state index in [4.69, 9.17) is 5.11 Å². The van der Waals surface area contributed by atoms with E-state index >= 15 is 0 Å². The number of carboxylic acid groups (broad SMARTS) is 1. The number of amides is 1. The topological polar surface area (TPSA) is 73.4 Å². The van der Waals surface area contributed by atoms with Gasteiger partial charge in [0.05, 0.1) is 0 Å². The molecule has 2 N–H and O–H groups in total. The Labute approximate surface area is 122 Å². The molecule has 0 saturated heterocycles. The summed E-state index contributed by atoms with van der Waals surface area (Å²) in [6, 6.07) is 13.3. The second-order valence-corrected chi connectivity index (χ2v) is 5.21. The van der Waals surface area contributed by atoms with Crippen LogP contribution in [0.1, 0.15) is 23.3 Å². The smallest absolute Gasteiger partial charge is 0.323 e. The third-order valence-corrected chi connectivity index (χ3v) is 3.56. The van der Waals surface area contributed by atoms with Gasteiger partial charge in [0.25, 0.3) is 5.91 Å². The molecule has 1 amide bonds. The van der Waals surface area contributed by atoms with Crippen molar-refractivity contribution in [2.24, 2.45) is 0 Å². The average Bonchev–Trinajstić information content (AvgIpc) is 3.21. The second kappa shape index (κ2) is 5.44. The van der Waals surface area contributed by atoms with Crippen LogP contribution in [0.15, 0.2) is 42.5 Å². The summed E-state index contributed by atoms with van der Waals surface area (Å²) in [5.41, 5.74) is 2.28. The lowest BCUT2D eigenvalue weighted by Crippen LogP contribution is -2.37. The van der Waals surface area contributed by atoms with Gasteiger partial charge >= 0.3 is 5.97 Å². The van der Waals surface area contributed by atoms with Gasteiger partial charge < -0.3 is 15.0 Å². The van der Waals surface area contributed by atoms with Crippen molar-refractivity contribution in [2.75, 3.05) is 6.54 Å². The molecule has 0 spiro atoms. The molecule has 1 saturated carbocycles. The van der Waals surface area contributed by atoms with Crippen molar-refractivity contribution in [1.82, 2.24) is 9.88 Å². The number of nitrogens with zero attached hydrogens (tertiary/aromatic N) is 1. The number of benzene rings is 1. The number of aromatic nitrogens is 1. The van der Waals surface area contributed by atoms with Crippen LogP contribution in [0.5, 0.6) is 0 Å². The zero-order valence-corrected chi connectivity index (χ0v) is 11.5. The fraction of sp³-hybridized carbons (Fsp3) is 0.250. The van der Waals surface area contributed by atoms with Crippen molar-refractivity contribution in [1.29, 1.82) is 0 Å². The number of carbonyl (C=O) groups is 2. The summed E-state index contributed by atoms with van der Waals surface area (Å²) >= 11 is 0.